The maximum atomic E-state index is 13.2. The molecule has 1 aromatic heterocycles. The molecule has 0 unspecified atom stereocenters. The number of aryl methyl sites for hydroxylation is 1. The minimum atomic E-state index is -4.40. The lowest BCUT2D eigenvalue weighted by atomic mass is 10.1. The highest BCUT2D eigenvalue weighted by atomic mass is 19.4. The van der Waals surface area contributed by atoms with Crippen LogP contribution < -0.4 is 0 Å². The van der Waals surface area contributed by atoms with Crippen LogP contribution in [0.2, 0.25) is 0 Å². The lowest BCUT2D eigenvalue weighted by Gasteiger charge is -2.08. The standard InChI is InChI=1S/C11H8F4N2O2/c12-7-3-6(1-2-11(13,14)15)9-8(4-7)16-5-17(9)10(18)19/h3-5H,1-2H2,(H,18,19). The maximum absolute atomic E-state index is 13.2. The van der Waals surface area contributed by atoms with Gasteiger partial charge in [-0.05, 0) is 18.1 Å². The molecular formula is C11H8F4N2O2. The Bertz CT molecular complexity index is 633. The fourth-order valence-corrected chi connectivity index (χ4v) is 1.81. The van der Waals surface area contributed by atoms with E-state index in [1.807, 2.05) is 0 Å². The van der Waals surface area contributed by atoms with Gasteiger partial charge in [0.1, 0.15) is 12.1 Å². The number of carboxylic acid groups (broad SMARTS) is 1. The Morgan fingerprint density at radius 2 is 2.05 bits per heavy atom. The van der Waals surface area contributed by atoms with Gasteiger partial charge in [-0.3, -0.25) is 0 Å². The van der Waals surface area contributed by atoms with E-state index in [4.69, 9.17) is 5.11 Å². The van der Waals surface area contributed by atoms with Crippen LogP contribution in [0.3, 0.4) is 0 Å². The summed E-state index contributed by atoms with van der Waals surface area (Å²) in [7, 11) is 0. The van der Waals surface area contributed by atoms with Crippen molar-refractivity contribution in [1.82, 2.24) is 9.55 Å². The summed E-state index contributed by atoms with van der Waals surface area (Å²) in [6.45, 7) is 0. The van der Waals surface area contributed by atoms with Crippen LogP contribution in [0.1, 0.15) is 12.0 Å². The number of benzene rings is 1. The smallest absolute Gasteiger partial charge is 0.417 e. The predicted molar refractivity (Wildman–Crippen MR) is 57.5 cm³/mol. The molecule has 2 aromatic rings. The van der Waals surface area contributed by atoms with Crippen LogP contribution in [0.5, 0.6) is 0 Å². The summed E-state index contributed by atoms with van der Waals surface area (Å²) in [5.41, 5.74) is -0.0371. The molecule has 2 rings (SSSR count). The molecule has 0 aliphatic rings. The highest BCUT2D eigenvalue weighted by Gasteiger charge is 2.27. The van der Waals surface area contributed by atoms with E-state index in [2.05, 4.69) is 4.98 Å². The number of halogens is 4. The first-order chi connectivity index (χ1) is 8.78. The third-order valence-electron chi connectivity index (χ3n) is 2.57. The number of carbonyl (C=O) groups is 1. The highest BCUT2D eigenvalue weighted by molar-refractivity contribution is 5.88. The van der Waals surface area contributed by atoms with E-state index in [0.29, 0.717) is 4.57 Å². The minimum absolute atomic E-state index is 0.0135. The Kier molecular flexibility index (Phi) is 3.17. The number of imidazole rings is 1. The number of rotatable bonds is 2. The van der Waals surface area contributed by atoms with Gasteiger partial charge < -0.3 is 5.11 Å². The van der Waals surface area contributed by atoms with E-state index in [1.54, 1.807) is 0 Å². The van der Waals surface area contributed by atoms with Crippen molar-refractivity contribution < 1.29 is 27.5 Å². The number of nitrogens with zero attached hydrogens (tertiary/aromatic N) is 2. The Hall–Kier alpha value is -2.12. The summed E-state index contributed by atoms with van der Waals surface area (Å²) in [5.74, 6) is -0.750. The van der Waals surface area contributed by atoms with E-state index in [-0.39, 0.29) is 16.6 Å². The molecule has 0 amide bonds. The van der Waals surface area contributed by atoms with Crippen molar-refractivity contribution >= 4 is 17.1 Å². The molecule has 102 valence electrons. The van der Waals surface area contributed by atoms with Crippen molar-refractivity contribution in [3.63, 3.8) is 0 Å². The largest absolute Gasteiger partial charge is 0.464 e. The average molecular weight is 276 g/mol. The zero-order chi connectivity index (χ0) is 14.2. The van der Waals surface area contributed by atoms with Crippen molar-refractivity contribution in [2.75, 3.05) is 0 Å². The van der Waals surface area contributed by atoms with E-state index < -0.39 is 30.9 Å². The first-order valence-electron chi connectivity index (χ1n) is 5.23. The van der Waals surface area contributed by atoms with Crippen LogP contribution in [0.15, 0.2) is 18.5 Å². The summed E-state index contributed by atoms with van der Waals surface area (Å²) in [6.07, 6.45) is -6.51. The van der Waals surface area contributed by atoms with Crippen LogP contribution in [0, 0.1) is 5.82 Å². The Balaban J connectivity index is 2.51. The summed E-state index contributed by atoms with van der Waals surface area (Å²) in [6, 6.07) is 1.88. The van der Waals surface area contributed by atoms with Gasteiger partial charge in [0.2, 0.25) is 0 Å². The molecule has 0 spiro atoms. The van der Waals surface area contributed by atoms with Crippen molar-refractivity contribution in [3.05, 3.63) is 29.8 Å². The van der Waals surface area contributed by atoms with Gasteiger partial charge in [0.05, 0.1) is 11.0 Å². The third-order valence-corrected chi connectivity index (χ3v) is 2.57. The fraction of sp³-hybridized carbons (Fsp3) is 0.273. The average Bonchev–Trinajstić information content (AvgIpc) is 2.68. The number of hydrogen-bond acceptors (Lipinski definition) is 2. The number of aromatic nitrogens is 2. The van der Waals surface area contributed by atoms with Gasteiger partial charge in [0.25, 0.3) is 0 Å². The third kappa shape index (κ3) is 2.83. The SMILES string of the molecule is O=C(O)n1cnc2cc(F)cc(CCC(F)(F)F)c21. The molecule has 1 heterocycles. The van der Waals surface area contributed by atoms with Crippen molar-refractivity contribution in [3.8, 4) is 0 Å². The molecule has 0 aliphatic carbocycles. The Morgan fingerprint density at radius 3 is 2.63 bits per heavy atom. The fourth-order valence-electron chi connectivity index (χ4n) is 1.81. The molecule has 0 bridgehead atoms. The summed E-state index contributed by atoms with van der Waals surface area (Å²) in [4.78, 5) is 14.6. The van der Waals surface area contributed by atoms with Crippen LogP contribution in [0.4, 0.5) is 22.4 Å². The number of alkyl halides is 3. The predicted octanol–water partition coefficient (Wildman–Crippen LogP) is 3.20. The molecule has 0 atom stereocenters. The molecular weight excluding hydrogens is 268 g/mol. The monoisotopic (exact) mass is 276 g/mol. The van der Waals surface area contributed by atoms with Crippen LogP contribution in [-0.2, 0) is 6.42 Å². The first kappa shape index (κ1) is 13.3. The molecule has 8 heteroatoms. The molecule has 0 saturated heterocycles. The van der Waals surface area contributed by atoms with Crippen molar-refractivity contribution in [2.24, 2.45) is 0 Å². The second-order valence-corrected chi connectivity index (χ2v) is 3.94. The van der Waals surface area contributed by atoms with E-state index in [9.17, 15) is 22.4 Å². The van der Waals surface area contributed by atoms with Gasteiger partial charge >= 0.3 is 12.3 Å². The molecule has 0 saturated carbocycles. The lowest BCUT2D eigenvalue weighted by Crippen LogP contribution is -2.11. The molecule has 0 fully saturated rings. The van der Waals surface area contributed by atoms with Gasteiger partial charge in [0, 0.05) is 12.5 Å². The van der Waals surface area contributed by atoms with E-state index >= 15 is 0 Å². The normalized spacial score (nSPS) is 12.0. The van der Waals surface area contributed by atoms with Gasteiger partial charge in [-0.2, -0.15) is 13.2 Å². The molecule has 19 heavy (non-hydrogen) atoms. The van der Waals surface area contributed by atoms with Crippen molar-refractivity contribution in [1.29, 1.82) is 0 Å². The van der Waals surface area contributed by atoms with Crippen LogP contribution in [0.25, 0.3) is 11.0 Å². The van der Waals surface area contributed by atoms with Crippen LogP contribution in [-0.4, -0.2) is 26.9 Å². The molecule has 0 radical (unpaired) electrons. The van der Waals surface area contributed by atoms with Gasteiger partial charge in [-0.25, -0.2) is 18.7 Å². The van der Waals surface area contributed by atoms with E-state index in [1.165, 1.54) is 0 Å². The molecule has 1 N–H and O–H groups in total. The number of hydrogen-bond donors (Lipinski definition) is 1. The minimum Gasteiger partial charge on any atom is -0.464 e. The Labute approximate surface area is 104 Å². The maximum Gasteiger partial charge on any atom is 0.417 e. The topological polar surface area (TPSA) is 55.1 Å². The second-order valence-electron chi connectivity index (χ2n) is 3.94. The first-order valence-corrected chi connectivity index (χ1v) is 5.23. The van der Waals surface area contributed by atoms with E-state index in [0.717, 1.165) is 18.5 Å². The zero-order valence-electron chi connectivity index (χ0n) is 9.41. The lowest BCUT2D eigenvalue weighted by molar-refractivity contribution is -0.133. The highest BCUT2D eigenvalue weighted by Crippen LogP contribution is 2.26. The number of fused-ring (bicyclic) bond motifs is 1. The molecule has 0 aliphatic heterocycles. The summed E-state index contributed by atoms with van der Waals surface area (Å²) < 4.78 is 50.5. The quantitative estimate of drug-likeness (QED) is 0.857. The summed E-state index contributed by atoms with van der Waals surface area (Å²) in [5, 5.41) is 8.90. The summed E-state index contributed by atoms with van der Waals surface area (Å²) >= 11 is 0. The molecule has 4 nitrogen and oxygen atoms in total. The van der Waals surface area contributed by atoms with Gasteiger partial charge in [-0.15, -0.1) is 0 Å². The zero-order valence-corrected chi connectivity index (χ0v) is 9.41. The second kappa shape index (κ2) is 4.52. The Morgan fingerprint density at radius 1 is 1.37 bits per heavy atom. The van der Waals surface area contributed by atoms with Crippen LogP contribution >= 0.6 is 0 Å². The van der Waals surface area contributed by atoms with Gasteiger partial charge in [-0.1, -0.05) is 0 Å². The van der Waals surface area contributed by atoms with Crippen molar-refractivity contribution in [2.45, 2.75) is 19.0 Å². The molecule has 1 aromatic carbocycles. The van der Waals surface area contributed by atoms with Gasteiger partial charge in [0.15, 0.2) is 0 Å².